The van der Waals surface area contributed by atoms with Gasteiger partial charge in [0, 0.05) is 29.4 Å². The molecule has 2 fully saturated rings. The first kappa shape index (κ1) is 25.7. The topological polar surface area (TPSA) is 116 Å². The summed E-state index contributed by atoms with van der Waals surface area (Å²) in [4.78, 5) is 25.5. The second kappa shape index (κ2) is 9.56. The molecule has 0 aliphatic heterocycles. The number of fused-ring (bicyclic) bond motifs is 3. The molecular weight excluding hydrogens is 545 g/mol. The number of anilines is 1. The molecule has 2 saturated carbocycles. The normalized spacial score (nSPS) is 22.4. The first-order chi connectivity index (χ1) is 18.7. The Hall–Kier alpha value is -3.57. The molecule has 12 heteroatoms. The number of rotatable bonds is 6. The van der Waals surface area contributed by atoms with Crippen molar-refractivity contribution in [2.24, 2.45) is 17.8 Å². The van der Waals surface area contributed by atoms with Gasteiger partial charge in [-0.2, -0.15) is 0 Å². The Bertz CT molecular complexity index is 1710. The van der Waals surface area contributed by atoms with Crippen molar-refractivity contribution in [1.82, 2.24) is 18.9 Å². The van der Waals surface area contributed by atoms with Gasteiger partial charge in [0.05, 0.1) is 29.1 Å². The second-order valence-electron chi connectivity index (χ2n) is 10.1. The highest BCUT2D eigenvalue weighted by Crippen LogP contribution is 2.50. The van der Waals surface area contributed by atoms with Crippen LogP contribution in [0.1, 0.15) is 24.8 Å². The summed E-state index contributed by atoms with van der Waals surface area (Å²) in [6.07, 6.45) is 6.49. The van der Waals surface area contributed by atoms with Gasteiger partial charge in [-0.05, 0) is 56.2 Å². The van der Waals surface area contributed by atoms with Gasteiger partial charge in [0.1, 0.15) is 0 Å². The summed E-state index contributed by atoms with van der Waals surface area (Å²) < 4.78 is 48.2. The Labute approximate surface area is 229 Å². The Morgan fingerprint density at radius 2 is 1.90 bits per heavy atom. The molecule has 3 heterocycles. The van der Waals surface area contributed by atoms with E-state index < -0.39 is 21.8 Å². The largest absolute Gasteiger partial charge is 0.469 e. The van der Waals surface area contributed by atoms with Crippen LogP contribution in [0.25, 0.3) is 22.4 Å². The fourth-order valence-electron chi connectivity index (χ4n) is 5.97. The van der Waals surface area contributed by atoms with Crippen LogP contribution in [0.2, 0.25) is 5.02 Å². The monoisotopic (exact) mass is 569 g/mol. The van der Waals surface area contributed by atoms with Crippen molar-refractivity contribution in [3.63, 3.8) is 0 Å². The number of carbonyl (C=O) groups excluding carboxylic acids is 1. The number of aromatic nitrogens is 4. The molecule has 0 spiro atoms. The zero-order chi connectivity index (χ0) is 27.5. The summed E-state index contributed by atoms with van der Waals surface area (Å²) in [5, 5.41) is 3.83. The van der Waals surface area contributed by atoms with Crippen LogP contribution in [0.15, 0.2) is 53.8 Å². The molecule has 6 rings (SSSR count). The molecule has 39 heavy (non-hydrogen) atoms. The van der Waals surface area contributed by atoms with E-state index in [0.29, 0.717) is 10.9 Å². The van der Waals surface area contributed by atoms with E-state index in [1.165, 1.54) is 31.6 Å². The molecular formula is C27H25ClFN5O4S. The number of methoxy groups -OCH3 is 1. The summed E-state index contributed by atoms with van der Waals surface area (Å²) in [7, 11) is -2.67. The van der Waals surface area contributed by atoms with Crippen molar-refractivity contribution in [3.8, 4) is 11.4 Å². The van der Waals surface area contributed by atoms with Gasteiger partial charge in [-0.1, -0.05) is 29.3 Å². The Morgan fingerprint density at radius 1 is 1.15 bits per heavy atom. The van der Waals surface area contributed by atoms with E-state index in [1.807, 2.05) is 6.92 Å². The number of benzene rings is 1. The summed E-state index contributed by atoms with van der Waals surface area (Å²) in [5.41, 5.74) is 1.37. The fraction of sp³-hybridized carbons (Fsp3) is 0.333. The Morgan fingerprint density at radius 3 is 2.64 bits per heavy atom. The SMILES string of the molecule is COC(=O)C1C(Nc2nc(-c3cn(S(=O)(=O)c4ccc(C)cc4)c4ncc(Cl)cc34)ncc2F)[C@H]2CC[C@H]1C2. The molecule has 0 amide bonds. The highest BCUT2D eigenvalue weighted by atomic mass is 35.5. The van der Waals surface area contributed by atoms with Crippen LogP contribution in [0.5, 0.6) is 0 Å². The van der Waals surface area contributed by atoms with Crippen molar-refractivity contribution >= 4 is 44.4 Å². The minimum absolute atomic E-state index is 0.0660. The molecule has 2 aliphatic carbocycles. The van der Waals surface area contributed by atoms with Gasteiger partial charge >= 0.3 is 5.97 Å². The molecule has 1 N–H and O–H groups in total. The van der Waals surface area contributed by atoms with E-state index >= 15 is 0 Å². The number of hydrogen-bond donors (Lipinski definition) is 1. The van der Waals surface area contributed by atoms with Crippen molar-refractivity contribution in [1.29, 1.82) is 0 Å². The average Bonchev–Trinajstić information content (AvgIpc) is 3.63. The number of carbonyl (C=O) groups is 1. The predicted molar refractivity (Wildman–Crippen MR) is 143 cm³/mol. The van der Waals surface area contributed by atoms with Crippen molar-refractivity contribution < 1.29 is 22.3 Å². The van der Waals surface area contributed by atoms with Gasteiger partial charge < -0.3 is 10.1 Å². The van der Waals surface area contributed by atoms with E-state index in [9.17, 15) is 17.6 Å². The summed E-state index contributed by atoms with van der Waals surface area (Å²) in [6.45, 7) is 1.87. The van der Waals surface area contributed by atoms with Crippen molar-refractivity contribution in [2.45, 2.75) is 37.1 Å². The molecule has 2 aliphatic rings. The molecule has 202 valence electrons. The summed E-state index contributed by atoms with van der Waals surface area (Å²) in [5.74, 6) is -0.996. The Kier molecular flexibility index (Phi) is 6.30. The van der Waals surface area contributed by atoms with Crippen LogP contribution in [0.4, 0.5) is 10.2 Å². The number of ether oxygens (including phenoxy) is 1. The zero-order valence-corrected chi connectivity index (χ0v) is 22.7. The van der Waals surface area contributed by atoms with Gasteiger partial charge in [0.25, 0.3) is 10.0 Å². The molecule has 1 aromatic carbocycles. The zero-order valence-electron chi connectivity index (χ0n) is 21.1. The molecule has 0 radical (unpaired) electrons. The number of nitrogens with zero attached hydrogens (tertiary/aromatic N) is 4. The summed E-state index contributed by atoms with van der Waals surface area (Å²) in [6, 6.07) is 7.71. The maximum absolute atomic E-state index is 15.0. The lowest BCUT2D eigenvalue weighted by molar-refractivity contribution is -0.147. The molecule has 9 nitrogen and oxygen atoms in total. The molecule has 4 atom stereocenters. The third kappa shape index (κ3) is 4.33. The maximum atomic E-state index is 15.0. The smallest absolute Gasteiger partial charge is 0.311 e. The Balaban J connectivity index is 1.43. The average molecular weight is 570 g/mol. The number of aryl methyl sites for hydroxylation is 1. The van der Waals surface area contributed by atoms with Gasteiger partial charge in [0.15, 0.2) is 23.1 Å². The van der Waals surface area contributed by atoms with Crippen molar-refractivity contribution in [2.75, 3.05) is 12.4 Å². The van der Waals surface area contributed by atoms with E-state index in [-0.39, 0.29) is 51.1 Å². The summed E-state index contributed by atoms with van der Waals surface area (Å²) >= 11 is 6.22. The van der Waals surface area contributed by atoms with Crippen LogP contribution in [0.3, 0.4) is 0 Å². The lowest BCUT2D eigenvalue weighted by Gasteiger charge is -2.30. The molecule has 3 aromatic heterocycles. The standard InChI is InChI=1S/C27H25ClFN5O4S/c1-14-3-7-18(8-4-14)39(36,37)34-13-20(19-10-17(28)11-31-26(19)34)24-30-12-21(29)25(33-24)32-23-16-6-5-15(9-16)22(23)27(35)38-2/h3-4,7-8,10-13,15-16,22-23H,5-6,9H2,1-2H3,(H,30,32,33)/t15-,16-,22?,23?/m0/s1. The lowest BCUT2D eigenvalue weighted by Crippen LogP contribution is -2.40. The number of hydrogen-bond acceptors (Lipinski definition) is 8. The number of halogens is 2. The molecule has 2 bridgehead atoms. The number of pyridine rings is 1. The van der Waals surface area contributed by atoms with Crippen molar-refractivity contribution in [3.05, 3.63) is 65.3 Å². The molecule has 4 aromatic rings. The highest BCUT2D eigenvalue weighted by molar-refractivity contribution is 7.90. The minimum atomic E-state index is -4.03. The van der Waals surface area contributed by atoms with Gasteiger partial charge in [-0.25, -0.2) is 31.7 Å². The molecule has 0 saturated heterocycles. The number of nitrogens with one attached hydrogen (secondary N) is 1. The van der Waals surface area contributed by atoms with E-state index in [4.69, 9.17) is 16.3 Å². The highest BCUT2D eigenvalue weighted by Gasteiger charge is 2.51. The quantitative estimate of drug-likeness (QED) is 0.328. The third-order valence-electron chi connectivity index (χ3n) is 7.83. The van der Waals surface area contributed by atoms with E-state index in [2.05, 4.69) is 20.3 Å². The van der Waals surface area contributed by atoms with E-state index in [0.717, 1.165) is 35.0 Å². The van der Waals surface area contributed by atoms with Gasteiger partial charge in [-0.15, -0.1) is 0 Å². The van der Waals surface area contributed by atoms with Gasteiger partial charge in [0.2, 0.25) is 0 Å². The third-order valence-corrected chi connectivity index (χ3v) is 9.71. The first-order valence-corrected chi connectivity index (χ1v) is 14.4. The number of esters is 1. The van der Waals surface area contributed by atoms with Crippen LogP contribution < -0.4 is 5.32 Å². The van der Waals surface area contributed by atoms with Crippen LogP contribution in [-0.4, -0.2) is 46.5 Å². The first-order valence-electron chi connectivity index (χ1n) is 12.5. The van der Waals surface area contributed by atoms with E-state index in [1.54, 1.807) is 18.2 Å². The lowest BCUT2D eigenvalue weighted by atomic mass is 9.84. The second-order valence-corrected chi connectivity index (χ2v) is 12.4. The fourth-order valence-corrected chi connectivity index (χ4v) is 7.45. The van der Waals surface area contributed by atoms with Crippen LogP contribution >= 0.6 is 11.6 Å². The minimum Gasteiger partial charge on any atom is -0.469 e. The predicted octanol–water partition coefficient (Wildman–Crippen LogP) is 4.83. The molecule has 2 unspecified atom stereocenters. The van der Waals surface area contributed by atoms with Crippen LogP contribution in [-0.2, 0) is 19.6 Å². The van der Waals surface area contributed by atoms with Crippen LogP contribution in [0, 0.1) is 30.5 Å². The maximum Gasteiger partial charge on any atom is 0.311 e. The van der Waals surface area contributed by atoms with Gasteiger partial charge in [-0.3, -0.25) is 4.79 Å².